The minimum Gasteiger partial charge on any atom is -0.330 e. The maximum atomic E-state index is 11.9. The number of hydrogen-bond donors (Lipinski definition) is 1. The van der Waals surface area contributed by atoms with Crippen molar-refractivity contribution in [3.63, 3.8) is 0 Å². The van der Waals surface area contributed by atoms with E-state index in [2.05, 4.69) is 20.8 Å². The Morgan fingerprint density at radius 3 is 2.35 bits per heavy atom. The molecule has 2 heteroatoms. The van der Waals surface area contributed by atoms with Gasteiger partial charge in [-0.15, -0.1) is 0 Å². The van der Waals surface area contributed by atoms with Gasteiger partial charge in [0.15, 0.2) is 0 Å². The highest BCUT2D eigenvalue weighted by Gasteiger charge is 2.25. The molecule has 100 valence electrons. The van der Waals surface area contributed by atoms with Crippen LogP contribution in [0.4, 0.5) is 0 Å². The molecule has 1 unspecified atom stereocenters. The molecule has 0 bridgehead atoms. The van der Waals surface area contributed by atoms with E-state index in [1.165, 1.54) is 19.3 Å². The topological polar surface area (TPSA) is 43.1 Å². The summed E-state index contributed by atoms with van der Waals surface area (Å²) in [6, 6.07) is 0. The first-order valence-corrected chi connectivity index (χ1v) is 7.15. The Morgan fingerprint density at radius 1 is 1.29 bits per heavy atom. The van der Waals surface area contributed by atoms with Gasteiger partial charge in [-0.05, 0) is 36.6 Å². The summed E-state index contributed by atoms with van der Waals surface area (Å²) in [5, 5.41) is 0. The molecule has 0 heterocycles. The van der Waals surface area contributed by atoms with E-state index in [9.17, 15) is 4.79 Å². The number of carbonyl (C=O) groups is 1. The Morgan fingerprint density at radius 2 is 1.94 bits per heavy atom. The molecular formula is C15H29NO. The first-order chi connectivity index (χ1) is 7.93. The molecule has 0 radical (unpaired) electrons. The van der Waals surface area contributed by atoms with Crippen molar-refractivity contribution in [3.8, 4) is 0 Å². The summed E-state index contributed by atoms with van der Waals surface area (Å²) in [4.78, 5) is 11.9. The van der Waals surface area contributed by atoms with Gasteiger partial charge in [0.25, 0.3) is 0 Å². The largest absolute Gasteiger partial charge is 0.330 e. The number of Topliss-reactive ketones (excluding diaryl/α,β-unsaturated/α-hetero) is 1. The zero-order valence-corrected chi connectivity index (χ0v) is 11.8. The summed E-state index contributed by atoms with van der Waals surface area (Å²) in [5.74, 6) is 1.77. The van der Waals surface area contributed by atoms with Gasteiger partial charge < -0.3 is 5.73 Å². The van der Waals surface area contributed by atoms with E-state index in [-0.39, 0.29) is 5.41 Å². The highest BCUT2D eigenvalue weighted by Crippen LogP contribution is 2.34. The molecule has 1 atom stereocenters. The van der Waals surface area contributed by atoms with Crippen molar-refractivity contribution >= 4 is 5.78 Å². The third kappa shape index (κ3) is 5.20. The van der Waals surface area contributed by atoms with E-state index >= 15 is 0 Å². The van der Waals surface area contributed by atoms with Crippen molar-refractivity contribution in [1.82, 2.24) is 0 Å². The van der Waals surface area contributed by atoms with Crippen molar-refractivity contribution in [2.45, 2.75) is 65.7 Å². The van der Waals surface area contributed by atoms with Crippen LogP contribution in [0.3, 0.4) is 0 Å². The van der Waals surface area contributed by atoms with Crippen LogP contribution in [0.2, 0.25) is 0 Å². The Balaban J connectivity index is 2.27. The zero-order chi connectivity index (χ0) is 12.9. The minimum atomic E-state index is 0.274. The van der Waals surface area contributed by atoms with Gasteiger partial charge in [0, 0.05) is 12.8 Å². The first-order valence-electron chi connectivity index (χ1n) is 7.15. The van der Waals surface area contributed by atoms with E-state index in [4.69, 9.17) is 5.73 Å². The van der Waals surface area contributed by atoms with Gasteiger partial charge in [-0.1, -0.05) is 40.0 Å². The fraction of sp³-hybridized carbons (Fsp3) is 0.933. The fourth-order valence-corrected chi connectivity index (χ4v) is 2.67. The maximum Gasteiger partial charge on any atom is 0.133 e. The van der Waals surface area contributed by atoms with Gasteiger partial charge in [-0.25, -0.2) is 0 Å². The number of hydrogen-bond acceptors (Lipinski definition) is 2. The third-order valence-electron chi connectivity index (χ3n) is 4.25. The van der Waals surface area contributed by atoms with Crippen molar-refractivity contribution in [3.05, 3.63) is 0 Å². The van der Waals surface area contributed by atoms with Crippen LogP contribution < -0.4 is 5.73 Å². The molecule has 1 saturated carbocycles. The lowest BCUT2D eigenvalue weighted by Gasteiger charge is -2.31. The molecule has 0 spiro atoms. The fourth-order valence-electron chi connectivity index (χ4n) is 2.67. The second kappa shape index (κ2) is 6.53. The highest BCUT2D eigenvalue weighted by atomic mass is 16.1. The van der Waals surface area contributed by atoms with Gasteiger partial charge in [0.1, 0.15) is 5.78 Å². The summed E-state index contributed by atoms with van der Waals surface area (Å²) < 4.78 is 0. The van der Waals surface area contributed by atoms with Gasteiger partial charge in [-0.2, -0.15) is 0 Å². The Kier molecular flexibility index (Phi) is 5.64. The molecule has 0 saturated heterocycles. The molecular weight excluding hydrogens is 210 g/mol. The SMILES string of the molecule is CC(C)(C)C(CCN)CCC(=O)CC1CCC1. The third-order valence-corrected chi connectivity index (χ3v) is 4.25. The molecule has 17 heavy (non-hydrogen) atoms. The maximum absolute atomic E-state index is 11.9. The van der Waals surface area contributed by atoms with E-state index in [0.29, 0.717) is 17.6 Å². The average molecular weight is 239 g/mol. The molecule has 2 N–H and O–H groups in total. The number of nitrogens with two attached hydrogens (primary N) is 1. The second-order valence-corrected chi connectivity index (χ2v) is 6.72. The van der Waals surface area contributed by atoms with Crippen LogP contribution in [0.1, 0.15) is 65.7 Å². The normalized spacial score (nSPS) is 18.8. The Bertz CT molecular complexity index is 238. The standard InChI is InChI=1S/C15H29NO/c1-15(2,3)13(9-10-16)7-8-14(17)11-12-5-4-6-12/h12-13H,4-11,16H2,1-3H3. The Labute approximate surface area is 106 Å². The molecule has 1 aliphatic carbocycles. The first kappa shape index (κ1) is 14.7. The number of ketones is 1. The van der Waals surface area contributed by atoms with Crippen molar-refractivity contribution in [1.29, 1.82) is 0 Å². The van der Waals surface area contributed by atoms with Crippen molar-refractivity contribution < 1.29 is 4.79 Å². The van der Waals surface area contributed by atoms with Gasteiger partial charge in [0.05, 0.1) is 0 Å². The lowest BCUT2D eigenvalue weighted by molar-refractivity contribution is -0.121. The highest BCUT2D eigenvalue weighted by molar-refractivity contribution is 5.78. The smallest absolute Gasteiger partial charge is 0.133 e. The molecule has 0 aliphatic heterocycles. The number of carbonyl (C=O) groups excluding carboxylic acids is 1. The van der Waals surface area contributed by atoms with E-state index < -0.39 is 0 Å². The zero-order valence-electron chi connectivity index (χ0n) is 11.8. The van der Waals surface area contributed by atoms with Gasteiger partial charge >= 0.3 is 0 Å². The van der Waals surface area contributed by atoms with E-state index in [1.54, 1.807) is 0 Å². The monoisotopic (exact) mass is 239 g/mol. The molecule has 0 amide bonds. The second-order valence-electron chi connectivity index (χ2n) is 6.72. The van der Waals surface area contributed by atoms with E-state index in [0.717, 1.165) is 32.2 Å². The lowest BCUT2D eigenvalue weighted by Crippen LogP contribution is -2.24. The van der Waals surface area contributed by atoms with Crippen LogP contribution in [0.15, 0.2) is 0 Å². The average Bonchev–Trinajstić information content (AvgIpc) is 2.16. The molecule has 0 aromatic carbocycles. The van der Waals surface area contributed by atoms with Crippen LogP contribution in [-0.2, 0) is 4.79 Å². The summed E-state index contributed by atoms with van der Waals surface area (Å²) in [6.07, 6.45) is 7.54. The van der Waals surface area contributed by atoms with Gasteiger partial charge in [-0.3, -0.25) is 4.79 Å². The summed E-state index contributed by atoms with van der Waals surface area (Å²) >= 11 is 0. The van der Waals surface area contributed by atoms with Crippen LogP contribution in [0.5, 0.6) is 0 Å². The van der Waals surface area contributed by atoms with Crippen molar-refractivity contribution in [2.75, 3.05) is 6.54 Å². The predicted octanol–water partition coefficient (Wildman–Crippen LogP) is 3.54. The van der Waals surface area contributed by atoms with Gasteiger partial charge in [0.2, 0.25) is 0 Å². The molecule has 2 nitrogen and oxygen atoms in total. The molecule has 1 fully saturated rings. The van der Waals surface area contributed by atoms with Crippen LogP contribution in [-0.4, -0.2) is 12.3 Å². The summed E-state index contributed by atoms with van der Waals surface area (Å²) in [5.41, 5.74) is 5.93. The number of rotatable bonds is 7. The van der Waals surface area contributed by atoms with Crippen LogP contribution in [0, 0.1) is 17.3 Å². The predicted molar refractivity (Wildman–Crippen MR) is 72.8 cm³/mol. The lowest BCUT2D eigenvalue weighted by atomic mass is 9.75. The summed E-state index contributed by atoms with van der Waals surface area (Å²) in [6.45, 7) is 7.50. The molecule has 1 rings (SSSR count). The molecule has 0 aromatic heterocycles. The minimum absolute atomic E-state index is 0.274. The van der Waals surface area contributed by atoms with E-state index in [1.807, 2.05) is 0 Å². The molecule has 1 aliphatic rings. The molecule has 0 aromatic rings. The quantitative estimate of drug-likeness (QED) is 0.738. The van der Waals surface area contributed by atoms with Crippen LogP contribution in [0.25, 0.3) is 0 Å². The summed E-state index contributed by atoms with van der Waals surface area (Å²) in [7, 11) is 0. The van der Waals surface area contributed by atoms with Crippen LogP contribution >= 0.6 is 0 Å². The Hall–Kier alpha value is -0.370. The van der Waals surface area contributed by atoms with Crippen molar-refractivity contribution in [2.24, 2.45) is 23.0 Å².